The number of hydrogen-bond acceptors (Lipinski definition) is 2. The Morgan fingerprint density at radius 2 is 2.24 bits per heavy atom. The van der Waals surface area contributed by atoms with Gasteiger partial charge in [-0.3, -0.25) is 0 Å². The zero-order valence-electron chi connectivity index (χ0n) is 10.7. The standard InChI is InChI=1S/C15H22N2/c1-15(6-7-15)11-17-10-13-4-2-3-12-9-16-8-5-14(12)13/h2-4,16-17H,5-11H2,1H3. The average Bonchev–Trinajstić information content (AvgIpc) is 3.08. The Hall–Kier alpha value is -0.860. The molecular weight excluding hydrogens is 208 g/mol. The Balaban J connectivity index is 1.65. The molecule has 1 aliphatic heterocycles. The summed E-state index contributed by atoms with van der Waals surface area (Å²) in [6.07, 6.45) is 3.98. The van der Waals surface area contributed by atoms with E-state index < -0.39 is 0 Å². The maximum Gasteiger partial charge on any atom is 0.0208 e. The van der Waals surface area contributed by atoms with Crippen molar-refractivity contribution < 1.29 is 0 Å². The monoisotopic (exact) mass is 230 g/mol. The lowest BCUT2D eigenvalue weighted by atomic mass is 9.95. The summed E-state index contributed by atoms with van der Waals surface area (Å²) in [6.45, 7) is 6.76. The molecule has 1 aliphatic carbocycles. The number of hydrogen-bond donors (Lipinski definition) is 2. The van der Waals surface area contributed by atoms with Crippen LogP contribution in [0.2, 0.25) is 0 Å². The molecular formula is C15H22N2. The molecule has 92 valence electrons. The van der Waals surface area contributed by atoms with Crippen molar-refractivity contribution in [2.75, 3.05) is 13.1 Å². The molecule has 1 fully saturated rings. The van der Waals surface area contributed by atoms with Crippen molar-refractivity contribution in [2.24, 2.45) is 5.41 Å². The highest BCUT2D eigenvalue weighted by Gasteiger charge is 2.36. The largest absolute Gasteiger partial charge is 0.312 e. The van der Waals surface area contributed by atoms with Crippen LogP contribution < -0.4 is 10.6 Å². The molecule has 2 aliphatic rings. The van der Waals surface area contributed by atoms with E-state index in [4.69, 9.17) is 0 Å². The van der Waals surface area contributed by atoms with Crippen LogP contribution in [0.5, 0.6) is 0 Å². The minimum atomic E-state index is 0.608. The van der Waals surface area contributed by atoms with Gasteiger partial charge in [-0.25, -0.2) is 0 Å². The van der Waals surface area contributed by atoms with Gasteiger partial charge in [-0.1, -0.05) is 25.1 Å². The molecule has 1 saturated carbocycles. The van der Waals surface area contributed by atoms with Gasteiger partial charge in [0.2, 0.25) is 0 Å². The van der Waals surface area contributed by atoms with Crippen LogP contribution in [0.3, 0.4) is 0 Å². The summed E-state index contributed by atoms with van der Waals surface area (Å²) in [7, 11) is 0. The van der Waals surface area contributed by atoms with Gasteiger partial charge in [0.15, 0.2) is 0 Å². The molecule has 17 heavy (non-hydrogen) atoms. The summed E-state index contributed by atoms with van der Waals surface area (Å²) in [5, 5.41) is 7.07. The van der Waals surface area contributed by atoms with E-state index in [0.29, 0.717) is 5.41 Å². The molecule has 0 bridgehead atoms. The van der Waals surface area contributed by atoms with E-state index in [0.717, 1.165) is 19.6 Å². The van der Waals surface area contributed by atoms with Gasteiger partial charge in [0.1, 0.15) is 0 Å². The summed E-state index contributed by atoms with van der Waals surface area (Å²) in [5.74, 6) is 0. The smallest absolute Gasteiger partial charge is 0.0208 e. The second-order valence-electron chi connectivity index (χ2n) is 5.90. The van der Waals surface area contributed by atoms with Crippen LogP contribution in [0.4, 0.5) is 0 Å². The molecule has 1 aromatic rings. The molecule has 0 atom stereocenters. The highest BCUT2D eigenvalue weighted by Crippen LogP contribution is 2.44. The van der Waals surface area contributed by atoms with E-state index in [1.807, 2.05) is 0 Å². The number of benzene rings is 1. The summed E-state index contributed by atoms with van der Waals surface area (Å²) in [4.78, 5) is 0. The van der Waals surface area contributed by atoms with Gasteiger partial charge in [0.25, 0.3) is 0 Å². The van der Waals surface area contributed by atoms with Gasteiger partial charge >= 0.3 is 0 Å². The van der Waals surface area contributed by atoms with E-state index in [-0.39, 0.29) is 0 Å². The summed E-state index contributed by atoms with van der Waals surface area (Å²) in [5.41, 5.74) is 5.19. The molecule has 3 rings (SSSR count). The Morgan fingerprint density at radius 1 is 1.35 bits per heavy atom. The van der Waals surface area contributed by atoms with E-state index in [2.05, 4.69) is 35.8 Å². The van der Waals surface area contributed by atoms with Crippen LogP contribution in [0.25, 0.3) is 0 Å². The molecule has 0 radical (unpaired) electrons. The van der Waals surface area contributed by atoms with Crippen LogP contribution in [0.1, 0.15) is 36.5 Å². The second kappa shape index (κ2) is 4.43. The molecule has 1 aromatic carbocycles. The predicted molar refractivity (Wildman–Crippen MR) is 70.9 cm³/mol. The zero-order valence-corrected chi connectivity index (χ0v) is 10.7. The quantitative estimate of drug-likeness (QED) is 0.829. The second-order valence-corrected chi connectivity index (χ2v) is 5.90. The minimum Gasteiger partial charge on any atom is -0.312 e. The summed E-state index contributed by atoms with van der Waals surface area (Å²) >= 11 is 0. The first-order valence-corrected chi connectivity index (χ1v) is 6.78. The van der Waals surface area contributed by atoms with Crippen LogP contribution in [0, 0.1) is 5.41 Å². The van der Waals surface area contributed by atoms with Gasteiger partial charge in [-0.05, 0) is 47.9 Å². The Labute approximate surface area is 104 Å². The Bertz CT molecular complexity index is 407. The lowest BCUT2D eigenvalue weighted by Crippen LogP contribution is -2.27. The normalized spacial score (nSPS) is 21.0. The summed E-state index contributed by atoms with van der Waals surface area (Å²) < 4.78 is 0. The van der Waals surface area contributed by atoms with Crippen molar-refractivity contribution in [2.45, 2.75) is 39.3 Å². The van der Waals surface area contributed by atoms with E-state index in [1.165, 1.54) is 36.9 Å². The van der Waals surface area contributed by atoms with Crippen LogP contribution >= 0.6 is 0 Å². The van der Waals surface area contributed by atoms with Crippen molar-refractivity contribution in [1.29, 1.82) is 0 Å². The van der Waals surface area contributed by atoms with Crippen LogP contribution in [-0.2, 0) is 19.5 Å². The maximum atomic E-state index is 3.63. The SMILES string of the molecule is CC1(CNCc2cccc3c2CCNC3)CC1. The maximum absolute atomic E-state index is 3.63. The fourth-order valence-corrected chi connectivity index (χ4v) is 2.67. The Kier molecular flexibility index (Phi) is 2.93. The highest BCUT2D eigenvalue weighted by molar-refractivity contribution is 5.36. The lowest BCUT2D eigenvalue weighted by molar-refractivity contribution is 0.497. The van der Waals surface area contributed by atoms with Gasteiger partial charge in [0.05, 0.1) is 0 Å². The van der Waals surface area contributed by atoms with Gasteiger partial charge in [-0.2, -0.15) is 0 Å². The van der Waals surface area contributed by atoms with E-state index in [1.54, 1.807) is 5.56 Å². The average molecular weight is 230 g/mol. The van der Waals surface area contributed by atoms with E-state index >= 15 is 0 Å². The third-order valence-electron chi connectivity index (χ3n) is 4.21. The number of rotatable bonds is 4. The molecule has 2 heteroatoms. The summed E-state index contributed by atoms with van der Waals surface area (Å²) in [6, 6.07) is 6.74. The van der Waals surface area contributed by atoms with Crippen molar-refractivity contribution >= 4 is 0 Å². The fraction of sp³-hybridized carbons (Fsp3) is 0.600. The van der Waals surface area contributed by atoms with Crippen LogP contribution in [-0.4, -0.2) is 13.1 Å². The highest BCUT2D eigenvalue weighted by atomic mass is 14.9. The van der Waals surface area contributed by atoms with Gasteiger partial charge in [0, 0.05) is 19.6 Å². The minimum absolute atomic E-state index is 0.608. The first-order chi connectivity index (χ1) is 8.27. The molecule has 2 nitrogen and oxygen atoms in total. The van der Waals surface area contributed by atoms with Crippen LogP contribution in [0.15, 0.2) is 18.2 Å². The molecule has 2 N–H and O–H groups in total. The molecule has 0 amide bonds. The third-order valence-corrected chi connectivity index (χ3v) is 4.21. The number of fused-ring (bicyclic) bond motifs is 1. The van der Waals surface area contributed by atoms with Crippen molar-refractivity contribution in [3.63, 3.8) is 0 Å². The lowest BCUT2D eigenvalue weighted by Gasteiger charge is -2.21. The fourth-order valence-electron chi connectivity index (χ4n) is 2.67. The molecule has 0 saturated heterocycles. The zero-order chi connectivity index (χ0) is 11.7. The van der Waals surface area contributed by atoms with Crippen molar-refractivity contribution in [3.05, 3.63) is 34.9 Å². The molecule has 0 unspecified atom stereocenters. The number of nitrogens with one attached hydrogen (secondary N) is 2. The Morgan fingerprint density at radius 3 is 3.06 bits per heavy atom. The first kappa shape index (κ1) is 11.2. The van der Waals surface area contributed by atoms with Gasteiger partial charge in [-0.15, -0.1) is 0 Å². The third kappa shape index (κ3) is 2.53. The molecule has 0 spiro atoms. The van der Waals surface area contributed by atoms with E-state index in [9.17, 15) is 0 Å². The topological polar surface area (TPSA) is 24.1 Å². The van der Waals surface area contributed by atoms with Crippen molar-refractivity contribution in [1.82, 2.24) is 10.6 Å². The first-order valence-electron chi connectivity index (χ1n) is 6.78. The van der Waals surface area contributed by atoms with Crippen molar-refractivity contribution in [3.8, 4) is 0 Å². The van der Waals surface area contributed by atoms with Gasteiger partial charge < -0.3 is 10.6 Å². The predicted octanol–water partition coefficient (Wildman–Crippen LogP) is 2.22. The molecule has 1 heterocycles. The molecule has 0 aromatic heterocycles.